The molecule has 0 saturated heterocycles. The molecule has 3 aromatic rings. The average Bonchev–Trinajstić information content (AvgIpc) is 3.46. The molecule has 2 aliphatic rings. The third kappa shape index (κ3) is 8.74. The van der Waals surface area contributed by atoms with Gasteiger partial charge in [-0.1, -0.05) is 60.6 Å². The first kappa shape index (κ1) is 35.1. The summed E-state index contributed by atoms with van der Waals surface area (Å²) in [5.41, 5.74) is 2.78. The van der Waals surface area contributed by atoms with Gasteiger partial charge in [0, 0.05) is 40.2 Å². The summed E-state index contributed by atoms with van der Waals surface area (Å²) in [6.07, 6.45) is 5.79. The minimum absolute atomic E-state index is 0. The van der Waals surface area contributed by atoms with Crippen LogP contribution in [0, 0.1) is 0 Å². The second-order valence-corrected chi connectivity index (χ2v) is 15.1. The van der Waals surface area contributed by atoms with Gasteiger partial charge in [-0.05, 0) is 67.0 Å². The molecule has 2 aliphatic heterocycles. The molecule has 14 heteroatoms. The van der Waals surface area contributed by atoms with Gasteiger partial charge in [0.15, 0.2) is 5.75 Å². The van der Waals surface area contributed by atoms with Crippen LogP contribution in [0.3, 0.4) is 0 Å². The van der Waals surface area contributed by atoms with Crippen LogP contribution in [0.2, 0.25) is 5.02 Å². The number of rotatable bonds is 12. The van der Waals surface area contributed by atoms with Crippen molar-refractivity contribution in [2.24, 2.45) is 0 Å². The van der Waals surface area contributed by atoms with E-state index in [0.717, 1.165) is 32.6 Å². The van der Waals surface area contributed by atoms with Gasteiger partial charge < -0.3 is 19.1 Å². The Morgan fingerprint density at radius 2 is 1.82 bits per heavy atom. The van der Waals surface area contributed by atoms with E-state index in [1.807, 2.05) is 72.5 Å². The Kier molecular flexibility index (Phi) is 11.8. The SMILES string of the molecule is CCC(/C=C1\Oc2ccc3ccccc3c2N1CCCS(=O)(=O)[O-])=C\C1Sc2ccc(Cl)cc2N1CCCCS(=O)(=O)O.[Na+]. The largest absolute Gasteiger partial charge is 1.00 e. The van der Waals surface area contributed by atoms with E-state index in [1.54, 1.807) is 11.8 Å². The summed E-state index contributed by atoms with van der Waals surface area (Å²) in [4.78, 5) is 5.18. The molecule has 3 aromatic carbocycles. The summed E-state index contributed by atoms with van der Waals surface area (Å²) in [5.74, 6) is 0.438. The zero-order valence-electron chi connectivity index (χ0n) is 24.5. The molecule has 0 spiro atoms. The van der Waals surface area contributed by atoms with Crippen molar-refractivity contribution in [3.05, 3.63) is 83.2 Å². The fourth-order valence-electron chi connectivity index (χ4n) is 5.30. The smallest absolute Gasteiger partial charge is 0.748 e. The normalized spacial score (nSPS) is 17.5. The molecule has 0 aromatic heterocycles. The first-order valence-corrected chi connectivity index (χ1v) is 18.4. The van der Waals surface area contributed by atoms with Crippen LogP contribution in [0.1, 0.15) is 32.6 Å². The maximum Gasteiger partial charge on any atom is 1.00 e. The van der Waals surface area contributed by atoms with Gasteiger partial charge in [-0.25, -0.2) is 8.42 Å². The topological polar surface area (TPSA) is 127 Å². The summed E-state index contributed by atoms with van der Waals surface area (Å²) >= 11 is 7.99. The van der Waals surface area contributed by atoms with Gasteiger partial charge >= 0.3 is 29.6 Å². The number of anilines is 2. The fraction of sp³-hybridized carbons (Fsp3) is 0.333. The quantitative estimate of drug-likeness (QED) is 0.172. The van der Waals surface area contributed by atoms with E-state index in [0.29, 0.717) is 42.5 Å². The van der Waals surface area contributed by atoms with E-state index >= 15 is 0 Å². The van der Waals surface area contributed by atoms with Gasteiger partial charge in [0.2, 0.25) is 5.88 Å². The van der Waals surface area contributed by atoms with Crippen molar-refractivity contribution in [1.29, 1.82) is 0 Å². The van der Waals surface area contributed by atoms with Crippen LogP contribution in [0.25, 0.3) is 10.8 Å². The molecule has 2 heterocycles. The van der Waals surface area contributed by atoms with Crippen molar-refractivity contribution in [2.45, 2.75) is 42.9 Å². The van der Waals surface area contributed by atoms with Gasteiger partial charge in [0.05, 0.1) is 32.6 Å². The van der Waals surface area contributed by atoms with Crippen LogP contribution >= 0.6 is 23.4 Å². The van der Waals surface area contributed by atoms with E-state index in [2.05, 4.69) is 11.0 Å². The predicted molar refractivity (Wildman–Crippen MR) is 172 cm³/mol. The number of ether oxygens (including phenoxy) is 1. The first-order chi connectivity index (χ1) is 20.4. The maximum absolute atomic E-state index is 11.4. The monoisotopic (exact) mass is 686 g/mol. The van der Waals surface area contributed by atoms with E-state index in [1.165, 1.54) is 0 Å². The second kappa shape index (κ2) is 14.8. The minimum Gasteiger partial charge on any atom is -0.748 e. The summed E-state index contributed by atoms with van der Waals surface area (Å²) in [5, 5.41) is 2.48. The van der Waals surface area contributed by atoms with Gasteiger partial charge in [0.1, 0.15) is 0 Å². The van der Waals surface area contributed by atoms with Gasteiger partial charge in [0.25, 0.3) is 10.1 Å². The summed E-state index contributed by atoms with van der Waals surface area (Å²) in [6, 6.07) is 17.5. The van der Waals surface area contributed by atoms with Crippen LogP contribution in [0.15, 0.2) is 83.1 Å². The van der Waals surface area contributed by atoms with Gasteiger partial charge in [-0.15, -0.1) is 0 Å². The minimum atomic E-state index is -4.36. The van der Waals surface area contributed by atoms with Gasteiger partial charge in [-0.3, -0.25) is 4.55 Å². The van der Waals surface area contributed by atoms with E-state index in [4.69, 9.17) is 20.9 Å². The number of unbranched alkanes of at least 4 members (excludes halogenated alkanes) is 1. The van der Waals surface area contributed by atoms with Crippen molar-refractivity contribution in [3.63, 3.8) is 0 Å². The van der Waals surface area contributed by atoms with Crippen LogP contribution in [0.4, 0.5) is 11.4 Å². The molecule has 0 aliphatic carbocycles. The Hall–Kier alpha value is -1.74. The molecule has 0 fully saturated rings. The fourth-order valence-corrected chi connectivity index (χ4v) is 7.81. The average molecular weight is 687 g/mol. The third-order valence-electron chi connectivity index (χ3n) is 7.30. The zero-order chi connectivity index (χ0) is 30.8. The van der Waals surface area contributed by atoms with Crippen molar-refractivity contribution in [3.8, 4) is 5.75 Å². The zero-order valence-corrected chi connectivity index (χ0v) is 29.7. The third-order valence-corrected chi connectivity index (χ3v) is 10.4. The second-order valence-electron chi connectivity index (χ2n) is 10.4. The molecule has 1 atom stereocenters. The van der Waals surface area contributed by atoms with Gasteiger partial charge in [-0.2, -0.15) is 8.42 Å². The summed E-state index contributed by atoms with van der Waals surface area (Å²) < 4.78 is 72.0. The maximum atomic E-state index is 11.4. The van der Waals surface area contributed by atoms with Crippen molar-refractivity contribution >= 4 is 65.7 Å². The van der Waals surface area contributed by atoms with E-state index in [9.17, 15) is 21.4 Å². The Bertz CT molecular complexity index is 1800. The molecule has 1 N–H and O–H groups in total. The number of benzene rings is 3. The first-order valence-electron chi connectivity index (χ1n) is 13.9. The Morgan fingerprint density at radius 1 is 1.05 bits per heavy atom. The standard InChI is InChI=1S/C30H33ClN2O7S3.Na/c1-2-21(19-29-32(14-5-6-16-42(34,35)36)25-20-23(31)11-13-27(25)41-29)18-28-33(15-7-17-43(37,38)39)30-24-9-4-3-8-22(24)10-12-26(30)40-28;/h3-4,8-13,18-20,29H,2,5-7,14-17H2,1H3,(H,34,35,36)(H,37,38,39);/q;+1/p-1/b21-19+,28-18-;. The Balaban J connectivity index is 0.00000442. The number of hydrogen-bond acceptors (Lipinski definition) is 9. The van der Waals surface area contributed by atoms with Crippen molar-refractivity contribution in [1.82, 2.24) is 0 Å². The number of allylic oxidation sites excluding steroid dienone is 2. The van der Waals surface area contributed by atoms with Crippen molar-refractivity contribution in [2.75, 3.05) is 34.4 Å². The molecule has 5 rings (SSSR count). The summed E-state index contributed by atoms with van der Waals surface area (Å²) in [7, 11) is -8.39. The number of fused-ring (bicyclic) bond motifs is 4. The van der Waals surface area contributed by atoms with Crippen LogP contribution in [-0.4, -0.2) is 55.9 Å². The summed E-state index contributed by atoms with van der Waals surface area (Å²) in [6.45, 7) is 2.89. The number of hydrogen-bond donors (Lipinski definition) is 1. The molecule has 230 valence electrons. The van der Waals surface area contributed by atoms with Crippen LogP contribution < -0.4 is 44.1 Å². The predicted octanol–water partition coefficient (Wildman–Crippen LogP) is 3.42. The Labute approximate surface area is 290 Å². The molecule has 0 radical (unpaired) electrons. The molecule has 0 saturated carbocycles. The Morgan fingerprint density at radius 3 is 2.55 bits per heavy atom. The van der Waals surface area contributed by atoms with Crippen molar-refractivity contribution < 1.29 is 60.2 Å². The number of thioether (sulfide) groups is 1. The number of halogens is 1. The number of nitrogens with zero attached hydrogens (tertiary/aromatic N) is 2. The van der Waals surface area contributed by atoms with E-state index < -0.39 is 26.0 Å². The van der Waals surface area contributed by atoms with Crippen LogP contribution in [0.5, 0.6) is 5.75 Å². The molecule has 0 amide bonds. The molecule has 44 heavy (non-hydrogen) atoms. The molecule has 0 bridgehead atoms. The van der Waals surface area contributed by atoms with E-state index in [-0.39, 0.29) is 53.6 Å². The molecular weight excluding hydrogens is 655 g/mol. The molecule has 9 nitrogen and oxygen atoms in total. The molecule has 1 unspecified atom stereocenters. The molecular formula is C30H32ClN2NaO7S3. The van der Waals surface area contributed by atoms with Crippen LogP contribution in [-0.2, 0) is 20.2 Å².